The summed E-state index contributed by atoms with van der Waals surface area (Å²) in [6.45, 7) is 0.869. The lowest BCUT2D eigenvalue weighted by Gasteiger charge is -2.34. The molecule has 128 valence electrons. The van der Waals surface area contributed by atoms with Gasteiger partial charge in [-0.3, -0.25) is 0 Å². The van der Waals surface area contributed by atoms with Crippen molar-refractivity contribution in [1.82, 2.24) is 0 Å². The molecule has 3 aliphatic heterocycles. The van der Waals surface area contributed by atoms with E-state index in [-0.39, 0.29) is 31.7 Å². The maximum absolute atomic E-state index is 5.95. The molecule has 0 radical (unpaired) electrons. The standard InChI is InChI=1S/C19H16O6/c1-2-13-14(21-7-20-13)3-10(1)18-12-6-16-15(22-8-23-16)4-11(12)5-17-19(18)25-9-24-17/h1-4,6,17-19H,5,7-9H2. The zero-order valence-electron chi connectivity index (χ0n) is 13.4. The van der Waals surface area contributed by atoms with Crippen LogP contribution in [0.1, 0.15) is 22.6 Å². The highest BCUT2D eigenvalue weighted by molar-refractivity contribution is 5.55. The molecule has 25 heavy (non-hydrogen) atoms. The molecule has 6 heteroatoms. The molecule has 0 saturated carbocycles. The summed E-state index contributed by atoms with van der Waals surface area (Å²) in [6.07, 6.45) is 0.842. The summed E-state index contributed by atoms with van der Waals surface area (Å²) in [4.78, 5) is 0. The molecule has 0 aromatic heterocycles. The van der Waals surface area contributed by atoms with Crippen LogP contribution in [0.2, 0.25) is 0 Å². The van der Waals surface area contributed by atoms with Crippen molar-refractivity contribution in [2.75, 3.05) is 20.4 Å². The minimum Gasteiger partial charge on any atom is -0.454 e. The summed E-state index contributed by atoms with van der Waals surface area (Å²) in [7, 11) is 0. The Morgan fingerprint density at radius 3 is 2.36 bits per heavy atom. The van der Waals surface area contributed by atoms with Crippen molar-refractivity contribution < 1.29 is 28.4 Å². The fraction of sp³-hybridized carbons (Fsp3) is 0.368. The predicted molar refractivity (Wildman–Crippen MR) is 85.3 cm³/mol. The second kappa shape index (κ2) is 5.03. The molecule has 6 rings (SSSR count). The van der Waals surface area contributed by atoms with Crippen LogP contribution in [0.3, 0.4) is 0 Å². The first-order valence-corrected chi connectivity index (χ1v) is 8.42. The van der Waals surface area contributed by atoms with E-state index in [1.165, 1.54) is 11.1 Å². The van der Waals surface area contributed by atoms with Crippen LogP contribution in [0.15, 0.2) is 30.3 Å². The predicted octanol–water partition coefficient (Wildman–Crippen LogP) is 2.57. The highest BCUT2D eigenvalue weighted by atomic mass is 16.7. The van der Waals surface area contributed by atoms with Gasteiger partial charge in [-0.05, 0) is 41.0 Å². The summed E-state index contributed by atoms with van der Waals surface area (Å²) < 4.78 is 33.9. The van der Waals surface area contributed by atoms with Crippen LogP contribution in [0, 0.1) is 0 Å². The van der Waals surface area contributed by atoms with Crippen molar-refractivity contribution >= 4 is 0 Å². The molecule has 0 N–H and O–H groups in total. The van der Waals surface area contributed by atoms with Crippen molar-refractivity contribution in [2.24, 2.45) is 0 Å². The third kappa shape index (κ3) is 1.98. The average molecular weight is 340 g/mol. The lowest BCUT2D eigenvalue weighted by molar-refractivity contribution is 0.0378. The first-order valence-electron chi connectivity index (χ1n) is 8.42. The van der Waals surface area contributed by atoms with E-state index in [1.807, 2.05) is 12.1 Å². The molecular weight excluding hydrogens is 324 g/mol. The molecule has 2 aromatic rings. The van der Waals surface area contributed by atoms with Gasteiger partial charge in [0.25, 0.3) is 0 Å². The van der Waals surface area contributed by atoms with E-state index < -0.39 is 0 Å². The quantitative estimate of drug-likeness (QED) is 0.795. The first-order chi connectivity index (χ1) is 12.4. The third-order valence-electron chi connectivity index (χ3n) is 5.38. The van der Waals surface area contributed by atoms with Crippen molar-refractivity contribution in [3.63, 3.8) is 0 Å². The van der Waals surface area contributed by atoms with Gasteiger partial charge in [0, 0.05) is 12.3 Å². The number of fused-ring (bicyclic) bond motifs is 4. The molecule has 3 atom stereocenters. The largest absolute Gasteiger partial charge is 0.454 e. The van der Waals surface area contributed by atoms with Crippen LogP contribution in [-0.4, -0.2) is 32.6 Å². The first kappa shape index (κ1) is 13.8. The minimum atomic E-state index is -0.0201. The molecule has 1 aliphatic carbocycles. The Hall–Kier alpha value is -2.44. The van der Waals surface area contributed by atoms with Crippen LogP contribution >= 0.6 is 0 Å². The van der Waals surface area contributed by atoms with Gasteiger partial charge in [-0.15, -0.1) is 0 Å². The molecule has 3 unspecified atom stereocenters. The van der Waals surface area contributed by atoms with E-state index in [9.17, 15) is 0 Å². The number of ether oxygens (including phenoxy) is 6. The Morgan fingerprint density at radius 2 is 1.48 bits per heavy atom. The molecule has 0 amide bonds. The molecule has 6 nitrogen and oxygen atoms in total. The molecular formula is C19H16O6. The van der Waals surface area contributed by atoms with Crippen LogP contribution in [0.5, 0.6) is 23.0 Å². The molecule has 3 heterocycles. The van der Waals surface area contributed by atoms with Gasteiger partial charge in [-0.2, -0.15) is 0 Å². The highest BCUT2D eigenvalue weighted by Gasteiger charge is 2.43. The number of benzene rings is 2. The molecule has 1 fully saturated rings. The Morgan fingerprint density at radius 1 is 0.720 bits per heavy atom. The Balaban J connectivity index is 1.52. The number of rotatable bonds is 1. The van der Waals surface area contributed by atoms with E-state index in [4.69, 9.17) is 28.4 Å². The van der Waals surface area contributed by atoms with Crippen molar-refractivity contribution in [2.45, 2.75) is 24.5 Å². The van der Waals surface area contributed by atoms with E-state index in [1.54, 1.807) is 0 Å². The van der Waals surface area contributed by atoms with E-state index in [0.717, 1.165) is 35.0 Å². The summed E-state index contributed by atoms with van der Waals surface area (Å²) in [5, 5.41) is 0. The Labute approximate surface area is 144 Å². The second-order valence-corrected chi connectivity index (χ2v) is 6.65. The fourth-order valence-electron chi connectivity index (χ4n) is 4.23. The van der Waals surface area contributed by atoms with Crippen LogP contribution in [0.25, 0.3) is 0 Å². The van der Waals surface area contributed by atoms with E-state index in [2.05, 4.69) is 18.2 Å². The molecule has 0 spiro atoms. The van der Waals surface area contributed by atoms with Gasteiger partial charge >= 0.3 is 0 Å². The molecule has 2 aromatic carbocycles. The topological polar surface area (TPSA) is 55.4 Å². The zero-order chi connectivity index (χ0) is 16.4. The van der Waals surface area contributed by atoms with Gasteiger partial charge in [0.15, 0.2) is 23.0 Å². The average Bonchev–Trinajstić information content (AvgIpc) is 3.36. The van der Waals surface area contributed by atoms with E-state index >= 15 is 0 Å². The Kier molecular flexibility index (Phi) is 2.78. The third-order valence-corrected chi connectivity index (χ3v) is 5.38. The van der Waals surface area contributed by atoms with Crippen LogP contribution in [0.4, 0.5) is 0 Å². The summed E-state index contributed by atoms with van der Waals surface area (Å²) in [5.74, 6) is 3.22. The number of hydrogen-bond acceptors (Lipinski definition) is 6. The number of hydrogen-bond donors (Lipinski definition) is 0. The van der Waals surface area contributed by atoms with Crippen molar-refractivity contribution in [1.29, 1.82) is 0 Å². The van der Waals surface area contributed by atoms with Gasteiger partial charge in [0.05, 0.1) is 12.2 Å². The molecule has 4 aliphatic rings. The normalized spacial score (nSPS) is 27.9. The summed E-state index contributed by atoms with van der Waals surface area (Å²) in [6, 6.07) is 10.3. The maximum atomic E-state index is 5.95. The van der Waals surface area contributed by atoms with Crippen LogP contribution < -0.4 is 18.9 Å². The monoisotopic (exact) mass is 340 g/mol. The van der Waals surface area contributed by atoms with E-state index in [0.29, 0.717) is 6.79 Å². The fourth-order valence-corrected chi connectivity index (χ4v) is 4.23. The summed E-state index contributed by atoms with van der Waals surface area (Å²) >= 11 is 0. The highest BCUT2D eigenvalue weighted by Crippen LogP contribution is 2.48. The minimum absolute atomic E-state index is 0.0201. The van der Waals surface area contributed by atoms with Gasteiger partial charge in [0.1, 0.15) is 6.79 Å². The van der Waals surface area contributed by atoms with Crippen molar-refractivity contribution in [3.05, 3.63) is 47.0 Å². The lowest BCUT2D eigenvalue weighted by Crippen LogP contribution is -2.36. The molecule has 1 saturated heterocycles. The lowest BCUT2D eigenvalue weighted by atomic mass is 9.75. The van der Waals surface area contributed by atoms with Gasteiger partial charge in [-0.25, -0.2) is 0 Å². The Bertz CT molecular complexity index is 863. The van der Waals surface area contributed by atoms with Gasteiger partial charge < -0.3 is 28.4 Å². The molecule has 0 bridgehead atoms. The smallest absolute Gasteiger partial charge is 0.231 e. The SMILES string of the molecule is c1cc2c(cc1C1c3cc4c(cc3CC3OCOC31)OCO4)OCO2. The zero-order valence-corrected chi connectivity index (χ0v) is 13.4. The van der Waals surface area contributed by atoms with Crippen molar-refractivity contribution in [3.8, 4) is 23.0 Å². The van der Waals surface area contributed by atoms with Gasteiger partial charge in [0.2, 0.25) is 13.6 Å². The maximum Gasteiger partial charge on any atom is 0.231 e. The van der Waals surface area contributed by atoms with Gasteiger partial charge in [-0.1, -0.05) is 6.07 Å². The second-order valence-electron chi connectivity index (χ2n) is 6.65. The van der Waals surface area contributed by atoms with Crippen LogP contribution in [-0.2, 0) is 15.9 Å². The summed E-state index contributed by atoms with van der Waals surface area (Å²) in [5.41, 5.74) is 3.55.